The van der Waals surface area contributed by atoms with Crippen LogP contribution in [0.5, 0.6) is 0 Å². The molecule has 0 saturated carbocycles. The SMILES string of the molecule is Cn1cc(CNS(=O)(=O)c2ccc(Cl)c(N)c2)cn1. The Morgan fingerprint density at radius 3 is 2.79 bits per heavy atom. The van der Waals surface area contributed by atoms with E-state index in [9.17, 15) is 8.42 Å². The van der Waals surface area contributed by atoms with E-state index in [1.165, 1.54) is 18.2 Å². The van der Waals surface area contributed by atoms with Crippen LogP contribution in [0.3, 0.4) is 0 Å². The van der Waals surface area contributed by atoms with E-state index in [0.717, 1.165) is 5.56 Å². The zero-order valence-electron chi connectivity index (χ0n) is 10.2. The van der Waals surface area contributed by atoms with Crippen molar-refractivity contribution in [3.05, 3.63) is 41.2 Å². The third kappa shape index (κ3) is 3.25. The maximum atomic E-state index is 12.0. The molecule has 0 atom stereocenters. The molecule has 0 spiro atoms. The summed E-state index contributed by atoms with van der Waals surface area (Å²) in [6.07, 6.45) is 3.33. The lowest BCUT2D eigenvalue weighted by Crippen LogP contribution is -2.23. The van der Waals surface area contributed by atoms with Gasteiger partial charge in [0.25, 0.3) is 0 Å². The van der Waals surface area contributed by atoms with Crippen LogP contribution in [0.1, 0.15) is 5.56 Å². The monoisotopic (exact) mass is 300 g/mol. The fourth-order valence-electron chi connectivity index (χ4n) is 1.51. The van der Waals surface area contributed by atoms with Gasteiger partial charge in [-0.05, 0) is 18.2 Å². The van der Waals surface area contributed by atoms with Gasteiger partial charge in [-0.25, -0.2) is 13.1 Å². The molecule has 1 aromatic heterocycles. The molecule has 0 fully saturated rings. The number of nitrogens with two attached hydrogens (primary N) is 1. The maximum absolute atomic E-state index is 12.0. The van der Waals surface area contributed by atoms with Crippen molar-refractivity contribution < 1.29 is 8.42 Å². The van der Waals surface area contributed by atoms with Gasteiger partial charge < -0.3 is 5.73 Å². The zero-order valence-corrected chi connectivity index (χ0v) is 11.7. The molecule has 2 rings (SSSR count). The predicted octanol–water partition coefficient (Wildman–Crippen LogP) is 1.13. The average Bonchev–Trinajstić information content (AvgIpc) is 2.76. The van der Waals surface area contributed by atoms with Crippen molar-refractivity contribution in [3.63, 3.8) is 0 Å². The van der Waals surface area contributed by atoms with Crippen LogP contribution in [0.15, 0.2) is 35.5 Å². The number of halogens is 1. The van der Waals surface area contributed by atoms with Crippen molar-refractivity contribution in [2.75, 3.05) is 5.73 Å². The number of sulfonamides is 1. The van der Waals surface area contributed by atoms with E-state index in [1.807, 2.05) is 0 Å². The third-order valence-electron chi connectivity index (χ3n) is 2.50. The second-order valence-electron chi connectivity index (χ2n) is 4.03. The quantitative estimate of drug-likeness (QED) is 0.828. The Labute approximate surface area is 116 Å². The molecule has 1 aromatic carbocycles. The summed E-state index contributed by atoms with van der Waals surface area (Å²) in [6, 6.07) is 4.19. The molecule has 0 unspecified atom stereocenters. The number of rotatable bonds is 4. The van der Waals surface area contributed by atoms with Gasteiger partial charge in [0.2, 0.25) is 10.0 Å². The Hall–Kier alpha value is -1.57. The van der Waals surface area contributed by atoms with Crippen molar-refractivity contribution in [1.29, 1.82) is 0 Å². The number of aryl methyl sites for hydroxylation is 1. The number of anilines is 1. The summed E-state index contributed by atoms with van der Waals surface area (Å²) in [5.41, 5.74) is 6.59. The number of benzene rings is 1. The molecule has 0 amide bonds. The number of hydrogen-bond donors (Lipinski definition) is 2. The van der Waals surface area contributed by atoms with Gasteiger partial charge in [-0.1, -0.05) is 11.6 Å². The lowest BCUT2D eigenvalue weighted by Gasteiger charge is -2.07. The van der Waals surface area contributed by atoms with E-state index in [2.05, 4.69) is 9.82 Å². The van der Waals surface area contributed by atoms with Crippen LogP contribution in [-0.2, 0) is 23.6 Å². The van der Waals surface area contributed by atoms with Crippen LogP contribution < -0.4 is 10.5 Å². The molecule has 0 aliphatic heterocycles. The highest BCUT2D eigenvalue weighted by Crippen LogP contribution is 2.22. The van der Waals surface area contributed by atoms with Crippen molar-refractivity contribution >= 4 is 27.3 Å². The Kier molecular flexibility index (Phi) is 3.79. The van der Waals surface area contributed by atoms with Crippen molar-refractivity contribution in [1.82, 2.24) is 14.5 Å². The summed E-state index contributed by atoms with van der Waals surface area (Å²) in [4.78, 5) is 0.0818. The first-order chi connectivity index (χ1) is 8.88. The smallest absolute Gasteiger partial charge is 0.240 e. The number of nitrogens with one attached hydrogen (secondary N) is 1. The van der Waals surface area contributed by atoms with E-state index in [4.69, 9.17) is 17.3 Å². The molecule has 0 bridgehead atoms. The van der Waals surface area contributed by atoms with Gasteiger partial charge in [0.1, 0.15) is 0 Å². The van der Waals surface area contributed by atoms with Gasteiger partial charge in [0.15, 0.2) is 0 Å². The Morgan fingerprint density at radius 2 is 2.21 bits per heavy atom. The fraction of sp³-hybridized carbons (Fsp3) is 0.182. The molecule has 3 N–H and O–H groups in total. The topological polar surface area (TPSA) is 90.0 Å². The zero-order chi connectivity index (χ0) is 14.0. The summed E-state index contributed by atoms with van der Waals surface area (Å²) in [5, 5.41) is 4.29. The summed E-state index contributed by atoms with van der Waals surface area (Å²) in [5.74, 6) is 0. The lowest BCUT2D eigenvalue weighted by atomic mass is 10.3. The number of nitrogens with zero attached hydrogens (tertiary/aromatic N) is 2. The van der Waals surface area contributed by atoms with Gasteiger partial charge in [0.05, 0.1) is 21.8 Å². The summed E-state index contributed by atoms with van der Waals surface area (Å²) in [6.45, 7) is 0.165. The molecule has 0 radical (unpaired) electrons. The summed E-state index contributed by atoms with van der Waals surface area (Å²) >= 11 is 5.76. The molecule has 0 saturated heterocycles. The molecule has 19 heavy (non-hydrogen) atoms. The third-order valence-corrected chi connectivity index (χ3v) is 4.25. The second-order valence-corrected chi connectivity index (χ2v) is 6.20. The van der Waals surface area contributed by atoms with Crippen LogP contribution in [-0.4, -0.2) is 18.2 Å². The fourth-order valence-corrected chi connectivity index (χ4v) is 2.68. The standard InChI is InChI=1S/C11H13ClN4O2S/c1-16-7-8(5-14-16)6-15-19(17,18)9-2-3-10(12)11(13)4-9/h2-5,7,15H,6,13H2,1H3. The van der Waals surface area contributed by atoms with Crippen LogP contribution in [0.25, 0.3) is 0 Å². The minimum absolute atomic E-state index is 0.0818. The van der Waals surface area contributed by atoms with E-state index in [-0.39, 0.29) is 17.1 Å². The second kappa shape index (κ2) is 5.20. The van der Waals surface area contributed by atoms with E-state index in [0.29, 0.717) is 5.02 Å². The predicted molar refractivity (Wildman–Crippen MR) is 73.1 cm³/mol. The molecule has 8 heteroatoms. The molecule has 6 nitrogen and oxygen atoms in total. The van der Waals surface area contributed by atoms with Gasteiger partial charge >= 0.3 is 0 Å². The first-order valence-electron chi connectivity index (χ1n) is 5.41. The lowest BCUT2D eigenvalue weighted by molar-refractivity contribution is 0.581. The van der Waals surface area contributed by atoms with Crippen molar-refractivity contribution in [2.45, 2.75) is 11.4 Å². The summed E-state index contributed by atoms with van der Waals surface area (Å²) in [7, 11) is -1.85. The molecular formula is C11H13ClN4O2S. The number of nitrogen functional groups attached to an aromatic ring is 1. The number of hydrogen-bond acceptors (Lipinski definition) is 4. The van der Waals surface area contributed by atoms with Crippen LogP contribution in [0.2, 0.25) is 5.02 Å². The van der Waals surface area contributed by atoms with Crippen molar-refractivity contribution in [2.24, 2.45) is 7.05 Å². The van der Waals surface area contributed by atoms with Gasteiger partial charge in [-0.15, -0.1) is 0 Å². The number of aromatic nitrogens is 2. The minimum Gasteiger partial charge on any atom is -0.397 e. The molecule has 102 valence electrons. The van der Waals surface area contributed by atoms with E-state index >= 15 is 0 Å². The van der Waals surface area contributed by atoms with Crippen LogP contribution >= 0.6 is 11.6 Å². The summed E-state index contributed by atoms with van der Waals surface area (Å²) < 4.78 is 28.2. The molecule has 0 aliphatic rings. The average molecular weight is 301 g/mol. The normalized spacial score (nSPS) is 11.7. The molecule has 2 aromatic rings. The highest BCUT2D eigenvalue weighted by molar-refractivity contribution is 7.89. The maximum Gasteiger partial charge on any atom is 0.240 e. The Morgan fingerprint density at radius 1 is 1.47 bits per heavy atom. The Balaban J connectivity index is 2.16. The van der Waals surface area contributed by atoms with E-state index < -0.39 is 10.0 Å². The van der Waals surface area contributed by atoms with Gasteiger partial charge in [-0.2, -0.15) is 5.10 Å². The molecule has 0 aliphatic carbocycles. The van der Waals surface area contributed by atoms with Gasteiger partial charge in [0, 0.05) is 25.4 Å². The van der Waals surface area contributed by atoms with Crippen molar-refractivity contribution in [3.8, 4) is 0 Å². The van der Waals surface area contributed by atoms with Crippen LogP contribution in [0, 0.1) is 0 Å². The highest BCUT2D eigenvalue weighted by atomic mass is 35.5. The molecular weight excluding hydrogens is 288 g/mol. The Bertz CT molecular complexity index is 696. The first-order valence-corrected chi connectivity index (χ1v) is 7.27. The first kappa shape index (κ1) is 13.9. The van der Waals surface area contributed by atoms with E-state index in [1.54, 1.807) is 24.1 Å². The van der Waals surface area contributed by atoms with Crippen LogP contribution in [0.4, 0.5) is 5.69 Å². The molecule has 1 heterocycles. The highest BCUT2D eigenvalue weighted by Gasteiger charge is 2.15. The largest absolute Gasteiger partial charge is 0.397 e. The van der Waals surface area contributed by atoms with Gasteiger partial charge in [-0.3, -0.25) is 4.68 Å². The minimum atomic E-state index is -3.61.